The second kappa shape index (κ2) is 5.68. The first-order valence-corrected chi connectivity index (χ1v) is 7.40. The number of hydrazone groups is 1. The summed E-state index contributed by atoms with van der Waals surface area (Å²) < 4.78 is 1.37. The molecule has 0 N–H and O–H groups in total. The summed E-state index contributed by atoms with van der Waals surface area (Å²) in [7, 11) is 3.55. The monoisotopic (exact) mass is 284 g/mol. The average Bonchev–Trinajstić information content (AvgIpc) is 3.02. The normalized spacial score (nSPS) is 16.1. The molecule has 110 valence electrons. The lowest BCUT2D eigenvalue weighted by molar-refractivity contribution is 0.705. The quantitative estimate of drug-likeness (QED) is 0.643. The molecule has 0 radical (unpaired) electrons. The lowest BCUT2D eigenvalue weighted by atomic mass is 10.1. The maximum absolute atomic E-state index is 12.1. The molecule has 0 aliphatic heterocycles. The van der Waals surface area contributed by atoms with Crippen LogP contribution in [0.25, 0.3) is 10.8 Å². The minimum absolute atomic E-state index is 0.0810. The molecule has 5 heteroatoms. The Hall–Kier alpha value is -2.17. The molecule has 3 rings (SSSR count). The van der Waals surface area contributed by atoms with Crippen LogP contribution in [0.5, 0.6) is 0 Å². The first kappa shape index (κ1) is 13.8. The van der Waals surface area contributed by atoms with Gasteiger partial charge in [0.1, 0.15) is 0 Å². The summed E-state index contributed by atoms with van der Waals surface area (Å²) in [6.45, 7) is 0. The molecule has 21 heavy (non-hydrogen) atoms. The van der Waals surface area contributed by atoms with Crippen LogP contribution in [0.4, 0.5) is 5.82 Å². The van der Waals surface area contributed by atoms with Gasteiger partial charge in [0.2, 0.25) is 0 Å². The van der Waals surface area contributed by atoms with E-state index in [4.69, 9.17) is 0 Å². The van der Waals surface area contributed by atoms with Crippen LogP contribution in [0.1, 0.15) is 25.7 Å². The van der Waals surface area contributed by atoms with Crippen LogP contribution in [0.3, 0.4) is 0 Å². The van der Waals surface area contributed by atoms with Crippen molar-refractivity contribution in [3.8, 4) is 0 Å². The summed E-state index contributed by atoms with van der Waals surface area (Å²) in [5, 5.41) is 12.2. The van der Waals surface area contributed by atoms with Gasteiger partial charge in [0, 0.05) is 25.7 Å². The Morgan fingerprint density at radius 1 is 1.29 bits per heavy atom. The predicted molar refractivity (Wildman–Crippen MR) is 85.8 cm³/mol. The molecule has 1 aromatic heterocycles. The molecule has 0 atom stereocenters. The molecule has 0 saturated heterocycles. The van der Waals surface area contributed by atoms with E-state index in [1.165, 1.54) is 30.4 Å². The molecular formula is C16H20N4O. The smallest absolute Gasteiger partial charge is 0.267 e. The Morgan fingerprint density at radius 2 is 1.95 bits per heavy atom. The van der Waals surface area contributed by atoms with Crippen LogP contribution in [0.2, 0.25) is 0 Å². The Morgan fingerprint density at radius 3 is 2.67 bits per heavy atom. The summed E-state index contributed by atoms with van der Waals surface area (Å²) in [6.07, 6.45) is 7.05. The summed E-state index contributed by atoms with van der Waals surface area (Å²) in [6, 6.07) is 7.54. The second-order valence-corrected chi connectivity index (χ2v) is 5.63. The first-order valence-electron chi connectivity index (χ1n) is 7.40. The zero-order valence-corrected chi connectivity index (χ0v) is 12.5. The fourth-order valence-electron chi connectivity index (χ4n) is 2.87. The average molecular weight is 284 g/mol. The van der Waals surface area contributed by atoms with E-state index < -0.39 is 0 Å². The molecule has 0 spiro atoms. The number of benzene rings is 1. The third-order valence-corrected chi connectivity index (χ3v) is 4.09. The second-order valence-electron chi connectivity index (χ2n) is 5.63. The van der Waals surface area contributed by atoms with E-state index in [0.717, 1.165) is 5.39 Å². The van der Waals surface area contributed by atoms with Gasteiger partial charge in [-0.3, -0.25) is 4.79 Å². The SMILES string of the molecule is CN(/N=C/C1CCCC1)c1nn(C)c(=O)c2ccccc12. The van der Waals surface area contributed by atoms with Crippen LogP contribution in [-0.2, 0) is 7.05 Å². The minimum Gasteiger partial charge on any atom is -0.267 e. The zero-order chi connectivity index (χ0) is 14.8. The largest absolute Gasteiger partial charge is 0.274 e. The number of aromatic nitrogens is 2. The van der Waals surface area contributed by atoms with Crippen LogP contribution >= 0.6 is 0 Å². The zero-order valence-electron chi connectivity index (χ0n) is 12.5. The number of aryl methyl sites for hydroxylation is 1. The first-order chi connectivity index (χ1) is 10.2. The minimum atomic E-state index is -0.0810. The van der Waals surface area contributed by atoms with Crippen molar-refractivity contribution in [3.63, 3.8) is 0 Å². The summed E-state index contributed by atoms with van der Waals surface area (Å²) >= 11 is 0. The van der Waals surface area contributed by atoms with Crippen LogP contribution in [0, 0.1) is 5.92 Å². The molecule has 1 heterocycles. The lowest BCUT2D eigenvalue weighted by Gasteiger charge is -2.15. The van der Waals surface area contributed by atoms with Gasteiger partial charge in [0.15, 0.2) is 5.82 Å². The van der Waals surface area contributed by atoms with Gasteiger partial charge < -0.3 is 0 Å². The van der Waals surface area contributed by atoms with Gasteiger partial charge in [-0.25, -0.2) is 9.69 Å². The van der Waals surface area contributed by atoms with Crippen molar-refractivity contribution in [3.05, 3.63) is 34.6 Å². The Labute approximate surface area is 123 Å². The molecule has 0 amide bonds. The molecule has 1 aliphatic carbocycles. The lowest BCUT2D eigenvalue weighted by Crippen LogP contribution is -2.24. The van der Waals surface area contributed by atoms with E-state index in [9.17, 15) is 4.79 Å². The highest BCUT2D eigenvalue weighted by Crippen LogP contribution is 2.24. The topological polar surface area (TPSA) is 50.5 Å². The van der Waals surface area contributed by atoms with E-state index in [1.54, 1.807) is 12.1 Å². The van der Waals surface area contributed by atoms with Gasteiger partial charge in [-0.15, -0.1) is 5.10 Å². The third-order valence-electron chi connectivity index (χ3n) is 4.09. The van der Waals surface area contributed by atoms with Crippen LogP contribution in [-0.4, -0.2) is 23.0 Å². The number of nitrogens with zero attached hydrogens (tertiary/aromatic N) is 4. The molecular weight excluding hydrogens is 264 g/mol. The number of fused-ring (bicyclic) bond motifs is 1. The molecule has 0 bridgehead atoms. The van der Waals surface area contributed by atoms with Crippen molar-refractivity contribution in [1.29, 1.82) is 0 Å². The van der Waals surface area contributed by atoms with E-state index in [2.05, 4.69) is 10.2 Å². The molecule has 1 aromatic carbocycles. The highest BCUT2D eigenvalue weighted by atomic mass is 16.1. The van der Waals surface area contributed by atoms with E-state index in [-0.39, 0.29) is 5.56 Å². The van der Waals surface area contributed by atoms with Crippen molar-refractivity contribution in [2.45, 2.75) is 25.7 Å². The third kappa shape index (κ3) is 2.68. The maximum atomic E-state index is 12.1. The van der Waals surface area contributed by atoms with Crippen molar-refractivity contribution >= 4 is 22.8 Å². The molecule has 1 fully saturated rings. The van der Waals surface area contributed by atoms with Gasteiger partial charge in [0.05, 0.1) is 5.39 Å². The van der Waals surface area contributed by atoms with Gasteiger partial charge >= 0.3 is 0 Å². The number of hydrogen-bond acceptors (Lipinski definition) is 4. The Bertz CT molecular complexity index is 729. The van der Waals surface area contributed by atoms with Crippen LogP contribution < -0.4 is 10.6 Å². The standard InChI is InChI=1S/C16H20N4O/c1-19(17-11-12-7-3-4-8-12)15-13-9-5-6-10-14(13)16(21)20(2)18-15/h5-6,9-12H,3-4,7-8H2,1-2H3/b17-11+. The van der Waals surface area contributed by atoms with Gasteiger partial charge in [-0.05, 0) is 24.8 Å². The number of hydrogen-bond donors (Lipinski definition) is 0. The van der Waals surface area contributed by atoms with Crippen molar-refractivity contribution in [2.24, 2.45) is 18.1 Å². The van der Waals surface area contributed by atoms with Crippen molar-refractivity contribution < 1.29 is 0 Å². The Kier molecular flexibility index (Phi) is 3.73. The van der Waals surface area contributed by atoms with Crippen molar-refractivity contribution in [2.75, 3.05) is 12.1 Å². The van der Waals surface area contributed by atoms with Gasteiger partial charge in [-0.1, -0.05) is 31.0 Å². The number of anilines is 1. The summed E-state index contributed by atoms with van der Waals surface area (Å²) in [4.78, 5) is 12.1. The predicted octanol–water partition coefficient (Wildman–Crippen LogP) is 2.55. The molecule has 2 aromatic rings. The molecule has 1 saturated carbocycles. The highest BCUT2D eigenvalue weighted by Gasteiger charge is 2.14. The summed E-state index contributed by atoms with van der Waals surface area (Å²) in [5.74, 6) is 1.29. The van der Waals surface area contributed by atoms with E-state index in [0.29, 0.717) is 17.1 Å². The highest BCUT2D eigenvalue weighted by molar-refractivity contribution is 5.91. The van der Waals surface area contributed by atoms with E-state index >= 15 is 0 Å². The van der Waals surface area contributed by atoms with Gasteiger partial charge in [-0.2, -0.15) is 5.10 Å². The number of rotatable bonds is 3. The van der Waals surface area contributed by atoms with E-state index in [1.807, 2.05) is 37.5 Å². The van der Waals surface area contributed by atoms with Crippen LogP contribution in [0.15, 0.2) is 34.2 Å². The molecule has 5 nitrogen and oxygen atoms in total. The fourth-order valence-corrected chi connectivity index (χ4v) is 2.87. The Balaban J connectivity index is 1.99. The van der Waals surface area contributed by atoms with Crippen molar-refractivity contribution in [1.82, 2.24) is 9.78 Å². The molecule has 1 aliphatic rings. The maximum Gasteiger partial charge on any atom is 0.274 e. The fraction of sp³-hybridized carbons (Fsp3) is 0.438. The van der Waals surface area contributed by atoms with Gasteiger partial charge in [0.25, 0.3) is 5.56 Å². The molecule has 0 unspecified atom stereocenters. The summed E-state index contributed by atoms with van der Waals surface area (Å²) in [5.41, 5.74) is -0.0810.